The summed E-state index contributed by atoms with van der Waals surface area (Å²) in [5.74, 6) is 2.24. The fraction of sp³-hybridized carbons (Fsp3) is 0.484. The van der Waals surface area contributed by atoms with E-state index in [4.69, 9.17) is 24.3 Å². The van der Waals surface area contributed by atoms with Crippen LogP contribution in [0.2, 0.25) is 0 Å². The van der Waals surface area contributed by atoms with Gasteiger partial charge in [-0.1, -0.05) is 24.3 Å². The molecule has 3 aromatic rings. The molecular formula is C31H41N5O4. The number of anilines is 1. The van der Waals surface area contributed by atoms with E-state index in [9.17, 15) is 0 Å². The number of morpholine rings is 1. The maximum atomic E-state index is 9.07. The summed E-state index contributed by atoms with van der Waals surface area (Å²) in [4.78, 5) is 14.2. The van der Waals surface area contributed by atoms with Crippen LogP contribution < -0.4 is 19.7 Å². The number of hydrogen-bond donors (Lipinski definition) is 2. The fourth-order valence-corrected chi connectivity index (χ4v) is 5.59. The van der Waals surface area contributed by atoms with Gasteiger partial charge in [0, 0.05) is 31.9 Å². The van der Waals surface area contributed by atoms with Crippen LogP contribution in [0.4, 0.5) is 5.69 Å². The molecule has 0 bridgehead atoms. The zero-order valence-electron chi connectivity index (χ0n) is 23.9. The van der Waals surface area contributed by atoms with E-state index in [0.29, 0.717) is 44.5 Å². The number of aromatic nitrogens is 2. The highest BCUT2D eigenvalue weighted by atomic mass is 16.5. The third-order valence-electron chi connectivity index (χ3n) is 7.76. The standard InChI is InChI=1S/C31H41N5O4/c1-22-24(25-8-5-10-29(23(25)2)40-16-6-12-35-13-17-39-18-14-35)7-4-9-28(22)36-20-26-27(21-36)33-30(19-32-11-15-37)34-31(26)38-3/h4-5,7-10,32,37H,6,11-21H2,1-3H3. The SMILES string of the molecule is COc1nc(CNCCO)nc2c1CN(c1cccc(-c3cccc(OCCCN4CCOCC4)c3C)c1C)C2. The van der Waals surface area contributed by atoms with E-state index in [0.717, 1.165) is 61.8 Å². The van der Waals surface area contributed by atoms with Crippen molar-refractivity contribution in [3.63, 3.8) is 0 Å². The number of fused-ring (bicyclic) bond motifs is 1. The number of aliphatic hydroxyl groups is 1. The van der Waals surface area contributed by atoms with Crippen LogP contribution in [-0.2, 0) is 24.4 Å². The molecule has 0 atom stereocenters. The lowest BCUT2D eigenvalue weighted by molar-refractivity contribution is 0.0358. The molecule has 2 aliphatic rings. The van der Waals surface area contributed by atoms with Crippen molar-refractivity contribution < 1.29 is 19.3 Å². The Balaban J connectivity index is 1.30. The number of nitrogens with one attached hydrogen (secondary N) is 1. The van der Waals surface area contributed by atoms with Gasteiger partial charge in [0.1, 0.15) is 11.6 Å². The lowest BCUT2D eigenvalue weighted by atomic mass is 9.95. The van der Waals surface area contributed by atoms with Crippen LogP contribution in [0.15, 0.2) is 36.4 Å². The van der Waals surface area contributed by atoms with Gasteiger partial charge >= 0.3 is 0 Å². The predicted octanol–water partition coefficient (Wildman–Crippen LogP) is 3.47. The van der Waals surface area contributed by atoms with Crippen LogP contribution in [0.1, 0.15) is 34.6 Å². The summed E-state index contributed by atoms with van der Waals surface area (Å²) in [6.07, 6.45) is 0.999. The van der Waals surface area contributed by atoms with Crippen molar-refractivity contribution in [3.8, 4) is 22.8 Å². The second-order valence-corrected chi connectivity index (χ2v) is 10.4. The summed E-state index contributed by atoms with van der Waals surface area (Å²) in [6.45, 7) is 12.2. The van der Waals surface area contributed by atoms with E-state index in [1.807, 2.05) is 0 Å². The number of rotatable bonds is 12. The maximum Gasteiger partial charge on any atom is 0.221 e. The molecule has 0 radical (unpaired) electrons. The average Bonchev–Trinajstić information content (AvgIpc) is 3.41. The average molecular weight is 548 g/mol. The molecule has 2 aliphatic heterocycles. The van der Waals surface area contributed by atoms with Crippen molar-refractivity contribution in [1.82, 2.24) is 20.2 Å². The number of nitrogens with zero attached hydrogens (tertiary/aromatic N) is 4. The van der Waals surface area contributed by atoms with Gasteiger partial charge in [-0.3, -0.25) is 4.90 Å². The third kappa shape index (κ3) is 6.39. The number of hydrogen-bond acceptors (Lipinski definition) is 9. The number of aliphatic hydroxyl groups excluding tert-OH is 1. The smallest absolute Gasteiger partial charge is 0.221 e. The van der Waals surface area contributed by atoms with Gasteiger partial charge in [-0.15, -0.1) is 0 Å². The number of benzene rings is 2. The van der Waals surface area contributed by atoms with Gasteiger partial charge in [-0.2, -0.15) is 4.98 Å². The van der Waals surface area contributed by atoms with Crippen LogP contribution in [0.25, 0.3) is 11.1 Å². The zero-order valence-corrected chi connectivity index (χ0v) is 23.9. The molecule has 2 N–H and O–H groups in total. The molecule has 214 valence electrons. The highest BCUT2D eigenvalue weighted by Crippen LogP contribution is 2.39. The molecule has 9 heteroatoms. The Hall–Kier alpha value is -3.24. The highest BCUT2D eigenvalue weighted by Gasteiger charge is 2.27. The first kappa shape index (κ1) is 28.3. The van der Waals surface area contributed by atoms with Gasteiger partial charge in [-0.05, 0) is 54.7 Å². The Morgan fingerprint density at radius 1 is 1.00 bits per heavy atom. The molecule has 1 saturated heterocycles. The minimum absolute atomic E-state index is 0.0783. The zero-order chi connectivity index (χ0) is 27.9. The monoisotopic (exact) mass is 547 g/mol. The summed E-state index contributed by atoms with van der Waals surface area (Å²) in [6, 6.07) is 12.8. The van der Waals surface area contributed by atoms with Crippen molar-refractivity contribution in [2.45, 2.75) is 39.9 Å². The van der Waals surface area contributed by atoms with Crippen LogP contribution in [0.3, 0.4) is 0 Å². The first-order valence-corrected chi connectivity index (χ1v) is 14.2. The molecule has 3 heterocycles. The predicted molar refractivity (Wildman–Crippen MR) is 156 cm³/mol. The fourth-order valence-electron chi connectivity index (χ4n) is 5.59. The Labute approximate surface area is 237 Å². The molecule has 1 aromatic heterocycles. The Bertz CT molecular complexity index is 1290. The second kappa shape index (κ2) is 13.4. The molecule has 0 amide bonds. The normalized spacial score (nSPS) is 15.3. The molecule has 0 unspecified atom stereocenters. The molecule has 0 spiro atoms. The topological polar surface area (TPSA) is 92.2 Å². The van der Waals surface area contributed by atoms with Crippen LogP contribution in [0.5, 0.6) is 11.6 Å². The Kier molecular flexibility index (Phi) is 9.49. The largest absolute Gasteiger partial charge is 0.493 e. The summed E-state index contributed by atoms with van der Waals surface area (Å²) >= 11 is 0. The lowest BCUT2D eigenvalue weighted by Gasteiger charge is -2.26. The number of methoxy groups -OCH3 is 1. The highest BCUT2D eigenvalue weighted by molar-refractivity contribution is 5.78. The molecule has 0 aliphatic carbocycles. The van der Waals surface area contributed by atoms with Gasteiger partial charge in [-0.25, -0.2) is 4.98 Å². The van der Waals surface area contributed by atoms with E-state index < -0.39 is 0 Å². The van der Waals surface area contributed by atoms with Crippen molar-refractivity contribution in [3.05, 3.63) is 64.6 Å². The molecule has 1 fully saturated rings. The van der Waals surface area contributed by atoms with Crippen LogP contribution >= 0.6 is 0 Å². The van der Waals surface area contributed by atoms with Crippen LogP contribution in [0, 0.1) is 13.8 Å². The lowest BCUT2D eigenvalue weighted by Crippen LogP contribution is -2.37. The van der Waals surface area contributed by atoms with Crippen molar-refractivity contribution in [1.29, 1.82) is 0 Å². The minimum Gasteiger partial charge on any atom is -0.493 e. The summed E-state index contributed by atoms with van der Waals surface area (Å²) in [7, 11) is 1.66. The molecule has 5 rings (SSSR count). The van der Waals surface area contributed by atoms with Gasteiger partial charge in [0.15, 0.2) is 0 Å². The van der Waals surface area contributed by atoms with Gasteiger partial charge in [0.2, 0.25) is 5.88 Å². The number of ether oxygens (including phenoxy) is 3. The second-order valence-electron chi connectivity index (χ2n) is 10.4. The summed E-state index contributed by atoms with van der Waals surface area (Å²) in [5, 5.41) is 12.2. The van der Waals surface area contributed by atoms with Gasteiger partial charge in [0.25, 0.3) is 0 Å². The molecular weight excluding hydrogens is 506 g/mol. The van der Waals surface area contributed by atoms with Gasteiger partial charge < -0.3 is 29.5 Å². The first-order valence-electron chi connectivity index (χ1n) is 14.2. The van der Waals surface area contributed by atoms with E-state index in [2.05, 4.69) is 70.3 Å². The van der Waals surface area contributed by atoms with Crippen molar-refractivity contribution in [2.24, 2.45) is 0 Å². The summed E-state index contributed by atoms with van der Waals surface area (Å²) in [5.41, 5.74) is 7.97. The molecule has 2 aromatic carbocycles. The maximum absolute atomic E-state index is 9.07. The van der Waals surface area contributed by atoms with Crippen LogP contribution in [-0.4, -0.2) is 79.7 Å². The Morgan fingerprint density at radius 3 is 2.55 bits per heavy atom. The molecule has 40 heavy (non-hydrogen) atoms. The van der Waals surface area contributed by atoms with E-state index in [1.165, 1.54) is 22.4 Å². The van der Waals surface area contributed by atoms with Crippen molar-refractivity contribution in [2.75, 3.05) is 64.6 Å². The third-order valence-corrected chi connectivity index (χ3v) is 7.76. The molecule has 0 saturated carbocycles. The van der Waals surface area contributed by atoms with Gasteiger partial charge in [0.05, 0.1) is 64.4 Å². The minimum atomic E-state index is 0.0783. The van der Waals surface area contributed by atoms with Crippen molar-refractivity contribution >= 4 is 5.69 Å². The molecule has 9 nitrogen and oxygen atoms in total. The van der Waals surface area contributed by atoms with E-state index in [-0.39, 0.29) is 6.61 Å². The Morgan fingerprint density at radius 2 is 1.77 bits per heavy atom. The quantitative estimate of drug-likeness (QED) is 0.331. The first-order chi connectivity index (χ1) is 19.6. The summed E-state index contributed by atoms with van der Waals surface area (Å²) < 4.78 is 17.3. The van der Waals surface area contributed by atoms with E-state index in [1.54, 1.807) is 7.11 Å². The van der Waals surface area contributed by atoms with E-state index >= 15 is 0 Å².